The largest absolute Gasteiger partial charge is 0.301 e. The highest BCUT2D eigenvalue weighted by Crippen LogP contribution is 2.25. The van der Waals surface area contributed by atoms with Gasteiger partial charge in [0, 0.05) is 32.2 Å². The lowest BCUT2D eigenvalue weighted by atomic mass is 10.0. The summed E-state index contributed by atoms with van der Waals surface area (Å²) in [4.78, 5) is 2.42. The first-order valence-electron chi connectivity index (χ1n) is 6.40. The zero-order valence-electron chi connectivity index (χ0n) is 11.0. The summed E-state index contributed by atoms with van der Waals surface area (Å²) in [5, 5.41) is 0. The molecule has 2 rings (SSSR count). The van der Waals surface area contributed by atoms with Gasteiger partial charge in [0.25, 0.3) is 10.2 Å². The van der Waals surface area contributed by atoms with Crippen molar-refractivity contribution < 1.29 is 8.42 Å². The first kappa shape index (κ1) is 13.3. The molecule has 0 radical (unpaired) electrons. The molecular weight excluding hydrogens is 238 g/mol. The molecule has 2 aliphatic rings. The van der Waals surface area contributed by atoms with Gasteiger partial charge < -0.3 is 4.90 Å². The van der Waals surface area contributed by atoms with Crippen molar-refractivity contribution in [1.29, 1.82) is 0 Å². The summed E-state index contributed by atoms with van der Waals surface area (Å²) in [7, 11) is -1.49. The van der Waals surface area contributed by atoms with Crippen LogP contribution in [-0.4, -0.2) is 67.2 Å². The maximum Gasteiger partial charge on any atom is 0.282 e. The molecule has 0 aliphatic carbocycles. The zero-order chi connectivity index (χ0) is 12.6. The Morgan fingerprint density at radius 1 is 1.06 bits per heavy atom. The van der Waals surface area contributed by atoms with Crippen LogP contribution in [-0.2, 0) is 10.2 Å². The minimum atomic E-state index is -3.15. The van der Waals surface area contributed by atoms with Crippen molar-refractivity contribution in [3.05, 3.63) is 0 Å². The molecule has 5 nitrogen and oxygen atoms in total. The van der Waals surface area contributed by atoms with E-state index in [0.29, 0.717) is 19.1 Å². The van der Waals surface area contributed by atoms with Crippen LogP contribution >= 0.6 is 0 Å². The summed E-state index contributed by atoms with van der Waals surface area (Å²) >= 11 is 0. The Balaban J connectivity index is 1.98. The Kier molecular flexibility index (Phi) is 3.77. The lowest BCUT2D eigenvalue weighted by Crippen LogP contribution is -2.48. The van der Waals surface area contributed by atoms with Gasteiger partial charge in [0.1, 0.15) is 0 Å². The van der Waals surface area contributed by atoms with Gasteiger partial charge in [-0.05, 0) is 39.8 Å². The highest BCUT2D eigenvalue weighted by Gasteiger charge is 2.39. The van der Waals surface area contributed by atoms with Gasteiger partial charge in [-0.25, -0.2) is 0 Å². The van der Waals surface area contributed by atoms with E-state index >= 15 is 0 Å². The molecule has 0 saturated carbocycles. The Bertz CT molecular complexity index is 361. The van der Waals surface area contributed by atoms with E-state index in [1.54, 1.807) is 11.4 Å². The fourth-order valence-corrected chi connectivity index (χ4v) is 4.28. The third-order valence-corrected chi connectivity index (χ3v) is 6.01. The predicted octanol–water partition coefficient (Wildman–Crippen LogP) is 0.351. The lowest BCUT2D eigenvalue weighted by Gasteiger charge is -2.37. The fourth-order valence-electron chi connectivity index (χ4n) is 2.71. The summed E-state index contributed by atoms with van der Waals surface area (Å²) in [6, 6.07) is 0.772. The predicted molar refractivity (Wildman–Crippen MR) is 68.0 cm³/mol. The van der Waals surface area contributed by atoms with Gasteiger partial charge >= 0.3 is 0 Å². The van der Waals surface area contributed by atoms with E-state index in [2.05, 4.69) is 18.7 Å². The second-order valence-corrected chi connectivity index (χ2v) is 7.29. The van der Waals surface area contributed by atoms with Gasteiger partial charge in [0.2, 0.25) is 0 Å². The fraction of sp³-hybridized carbons (Fsp3) is 1.00. The van der Waals surface area contributed by atoms with Crippen LogP contribution in [0.5, 0.6) is 0 Å². The zero-order valence-corrected chi connectivity index (χ0v) is 11.8. The van der Waals surface area contributed by atoms with E-state index in [1.807, 2.05) is 0 Å². The van der Waals surface area contributed by atoms with E-state index in [1.165, 1.54) is 4.31 Å². The highest BCUT2D eigenvalue weighted by atomic mass is 32.2. The molecule has 2 heterocycles. The van der Waals surface area contributed by atoms with Gasteiger partial charge in [-0.3, -0.25) is 0 Å². The molecule has 0 atom stereocenters. The van der Waals surface area contributed by atoms with Crippen LogP contribution in [0.4, 0.5) is 0 Å². The number of hydrogen-bond donors (Lipinski definition) is 0. The molecule has 0 bridgehead atoms. The molecule has 2 fully saturated rings. The average molecular weight is 261 g/mol. The topological polar surface area (TPSA) is 43.9 Å². The van der Waals surface area contributed by atoms with Crippen molar-refractivity contribution in [2.45, 2.75) is 38.8 Å². The normalized spacial score (nSPS) is 29.2. The number of likely N-dealkylation sites (tertiary alicyclic amines) is 1. The molecule has 0 aromatic heterocycles. The Hall–Kier alpha value is -0.170. The van der Waals surface area contributed by atoms with Crippen LogP contribution in [0.15, 0.2) is 0 Å². The standard InChI is InChI=1S/C11H23N3O2S/c1-10(2)13-6-4-11(5-7-13)14-9-8-12(3)17(14,15)16/h10-11H,4-9H2,1-3H3. The third kappa shape index (κ3) is 2.50. The van der Waals surface area contributed by atoms with Crippen molar-refractivity contribution in [3.8, 4) is 0 Å². The van der Waals surface area contributed by atoms with E-state index in [0.717, 1.165) is 25.9 Å². The SMILES string of the molecule is CC(C)N1CCC(N2CCN(C)S2(=O)=O)CC1. The van der Waals surface area contributed by atoms with Crippen LogP contribution < -0.4 is 0 Å². The minimum absolute atomic E-state index is 0.208. The van der Waals surface area contributed by atoms with E-state index < -0.39 is 10.2 Å². The molecule has 2 aliphatic heterocycles. The van der Waals surface area contributed by atoms with Gasteiger partial charge in [-0.2, -0.15) is 17.0 Å². The van der Waals surface area contributed by atoms with Crippen LogP contribution in [0.2, 0.25) is 0 Å². The van der Waals surface area contributed by atoms with E-state index in [4.69, 9.17) is 0 Å². The monoisotopic (exact) mass is 261 g/mol. The summed E-state index contributed by atoms with van der Waals surface area (Å²) < 4.78 is 27.3. The molecular formula is C11H23N3O2S. The maximum atomic E-state index is 12.0. The molecule has 0 unspecified atom stereocenters. The maximum absolute atomic E-state index is 12.0. The molecule has 6 heteroatoms. The number of piperidine rings is 1. The quantitative estimate of drug-likeness (QED) is 0.720. The van der Waals surface area contributed by atoms with Crippen LogP contribution in [0, 0.1) is 0 Å². The Morgan fingerprint density at radius 2 is 1.65 bits per heavy atom. The van der Waals surface area contributed by atoms with Crippen molar-refractivity contribution >= 4 is 10.2 Å². The first-order chi connectivity index (χ1) is 7.93. The number of hydrogen-bond acceptors (Lipinski definition) is 3. The van der Waals surface area contributed by atoms with Crippen LogP contribution in [0.25, 0.3) is 0 Å². The van der Waals surface area contributed by atoms with Gasteiger partial charge in [0.05, 0.1) is 0 Å². The second-order valence-electron chi connectivity index (χ2n) is 5.30. The highest BCUT2D eigenvalue weighted by molar-refractivity contribution is 7.87. The summed E-state index contributed by atoms with van der Waals surface area (Å²) in [5.41, 5.74) is 0. The van der Waals surface area contributed by atoms with Crippen molar-refractivity contribution in [2.75, 3.05) is 33.2 Å². The van der Waals surface area contributed by atoms with Crippen molar-refractivity contribution in [2.24, 2.45) is 0 Å². The smallest absolute Gasteiger partial charge is 0.282 e. The molecule has 100 valence electrons. The summed E-state index contributed by atoms with van der Waals surface area (Å²) in [6.45, 7) is 7.70. The summed E-state index contributed by atoms with van der Waals surface area (Å²) in [6.07, 6.45) is 1.93. The van der Waals surface area contributed by atoms with E-state index in [9.17, 15) is 8.42 Å². The molecule has 0 aromatic carbocycles. The number of likely N-dealkylation sites (N-methyl/N-ethyl adjacent to an activating group) is 1. The van der Waals surface area contributed by atoms with Crippen LogP contribution in [0.1, 0.15) is 26.7 Å². The second kappa shape index (κ2) is 4.84. The van der Waals surface area contributed by atoms with Crippen molar-refractivity contribution in [1.82, 2.24) is 13.5 Å². The molecule has 0 spiro atoms. The minimum Gasteiger partial charge on any atom is -0.301 e. The van der Waals surface area contributed by atoms with E-state index in [-0.39, 0.29) is 6.04 Å². The first-order valence-corrected chi connectivity index (χ1v) is 7.80. The Morgan fingerprint density at radius 3 is 2.06 bits per heavy atom. The van der Waals surface area contributed by atoms with Gasteiger partial charge in [-0.15, -0.1) is 0 Å². The number of nitrogens with zero attached hydrogens (tertiary/aromatic N) is 3. The molecule has 2 saturated heterocycles. The van der Waals surface area contributed by atoms with Gasteiger partial charge in [0.15, 0.2) is 0 Å². The van der Waals surface area contributed by atoms with Crippen LogP contribution in [0.3, 0.4) is 0 Å². The molecule has 0 N–H and O–H groups in total. The summed E-state index contributed by atoms with van der Waals surface area (Å²) in [5.74, 6) is 0. The van der Waals surface area contributed by atoms with Gasteiger partial charge in [-0.1, -0.05) is 0 Å². The third-order valence-electron chi connectivity index (χ3n) is 3.96. The molecule has 0 aromatic rings. The number of rotatable bonds is 2. The molecule has 17 heavy (non-hydrogen) atoms. The van der Waals surface area contributed by atoms with Crippen molar-refractivity contribution in [3.63, 3.8) is 0 Å². The molecule has 0 amide bonds. The Labute approximate surface area is 105 Å². The lowest BCUT2D eigenvalue weighted by molar-refractivity contribution is 0.136. The average Bonchev–Trinajstić information content (AvgIpc) is 2.54.